The zero-order valence-corrected chi connectivity index (χ0v) is 16.3. The number of carbonyl (C=O) groups excluding carboxylic acids is 2. The van der Waals surface area contributed by atoms with Gasteiger partial charge in [-0.25, -0.2) is 4.79 Å². The van der Waals surface area contributed by atoms with Gasteiger partial charge in [-0.3, -0.25) is 9.59 Å². The molecule has 0 saturated carbocycles. The molecule has 2 saturated heterocycles. The van der Waals surface area contributed by atoms with Gasteiger partial charge in [0.05, 0.1) is 0 Å². The van der Waals surface area contributed by atoms with Gasteiger partial charge in [-0.05, 0) is 49.8 Å². The maximum Gasteiger partial charge on any atom is 0.341 e. The van der Waals surface area contributed by atoms with E-state index in [-0.39, 0.29) is 17.7 Å². The normalized spacial score (nSPS) is 20.7. The van der Waals surface area contributed by atoms with E-state index in [9.17, 15) is 14.4 Å². The van der Waals surface area contributed by atoms with Crippen LogP contribution < -0.4 is 4.74 Å². The minimum Gasteiger partial charge on any atom is -0.482 e. The van der Waals surface area contributed by atoms with Gasteiger partial charge < -0.3 is 19.6 Å². The van der Waals surface area contributed by atoms with E-state index in [1.165, 1.54) is 6.42 Å². The fourth-order valence-corrected chi connectivity index (χ4v) is 4.02. The van der Waals surface area contributed by atoms with Crippen LogP contribution in [0.4, 0.5) is 0 Å². The summed E-state index contributed by atoms with van der Waals surface area (Å²) in [5, 5.41) is 8.70. The van der Waals surface area contributed by atoms with Crippen molar-refractivity contribution in [3.63, 3.8) is 0 Å². The molecule has 3 rings (SSSR count). The number of amides is 2. The number of rotatable bonds is 5. The summed E-state index contributed by atoms with van der Waals surface area (Å²) in [6, 6.07) is 6.57. The molecule has 28 heavy (non-hydrogen) atoms. The maximum absolute atomic E-state index is 12.8. The minimum atomic E-state index is -1.06. The fourth-order valence-electron chi connectivity index (χ4n) is 4.02. The number of benzene rings is 1. The van der Waals surface area contributed by atoms with E-state index in [0.29, 0.717) is 43.2 Å². The second-order valence-corrected chi connectivity index (χ2v) is 7.81. The van der Waals surface area contributed by atoms with E-state index in [0.717, 1.165) is 19.5 Å². The third-order valence-electron chi connectivity index (χ3n) is 5.54. The Morgan fingerprint density at radius 2 is 1.86 bits per heavy atom. The number of piperidine rings is 2. The first-order chi connectivity index (χ1) is 13.4. The van der Waals surface area contributed by atoms with Gasteiger partial charge in [-0.15, -0.1) is 0 Å². The quantitative estimate of drug-likeness (QED) is 0.836. The molecule has 1 aromatic rings. The van der Waals surface area contributed by atoms with Crippen LogP contribution in [0.1, 0.15) is 43.0 Å². The zero-order chi connectivity index (χ0) is 20.1. The molecule has 2 amide bonds. The van der Waals surface area contributed by atoms with Gasteiger partial charge in [0.15, 0.2) is 6.61 Å². The lowest BCUT2D eigenvalue weighted by Crippen LogP contribution is -2.47. The van der Waals surface area contributed by atoms with Crippen molar-refractivity contribution in [2.24, 2.45) is 11.8 Å². The molecule has 2 fully saturated rings. The van der Waals surface area contributed by atoms with Gasteiger partial charge in [-0.1, -0.05) is 13.0 Å². The summed E-state index contributed by atoms with van der Waals surface area (Å²) < 4.78 is 5.15. The predicted molar refractivity (Wildman–Crippen MR) is 103 cm³/mol. The zero-order valence-electron chi connectivity index (χ0n) is 16.3. The monoisotopic (exact) mass is 388 g/mol. The second kappa shape index (κ2) is 9.08. The molecule has 152 valence electrons. The van der Waals surface area contributed by atoms with Crippen LogP contribution >= 0.6 is 0 Å². The highest BCUT2D eigenvalue weighted by atomic mass is 16.5. The number of carboxylic acid groups (broad SMARTS) is 1. The smallest absolute Gasteiger partial charge is 0.341 e. The van der Waals surface area contributed by atoms with Crippen molar-refractivity contribution < 1.29 is 24.2 Å². The molecule has 1 unspecified atom stereocenters. The van der Waals surface area contributed by atoms with Crippen LogP contribution in [0.25, 0.3) is 0 Å². The highest BCUT2D eigenvalue weighted by molar-refractivity contribution is 5.94. The van der Waals surface area contributed by atoms with Crippen LogP contribution in [0.3, 0.4) is 0 Å². The molecule has 1 N–H and O–H groups in total. The van der Waals surface area contributed by atoms with Crippen molar-refractivity contribution in [3.05, 3.63) is 29.8 Å². The number of hydrogen-bond donors (Lipinski definition) is 1. The Bertz CT molecular complexity index is 727. The number of aliphatic carboxylic acids is 1. The van der Waals surface area contributed by atoms with Crippen molar-refractivity contribution in [3.8, 4) is 5.75 Å². The van der Waals surface area contributed by atoms with Gasteiger partial charge >= 0.3 is 5.97 Å². The van der Waals surface area contributed by atoms with E-state index in [1.54, 1.807) is 29.2 Å². The van der Waals surface area contributed by atoms with E-state index in [4.69, 9.17) is 9.84 Å². The van der Waals surface area contributed by atoms with Crippen LogP contribution in [0.5, 0.6) is 5.75 Å². The van der Waals surface area contributed by atoms with Gasteiger partial charge in [0, 0.05) is 37.7 Å². The molecule has 2 heterocycles. The van der Waals surface area contributed by atoms with E-state index in [2.05, 4.69) is 6.92 Å². The summed E-state index contributed by atoms with van der Waals surface area (Å²) in [6.45, 7) is 4.56. The number of carbonyl (C=O) groups is 3. The van der Waals surface area contributed by atoms with Crippen molar-refractivity contribution >= 4 is 17.8 Å². The fraction of sp³-hybridized carbons (Fsp3) is 0.571. The Morgan fingerprint density at radius 1 is 1.11 bits per heavy atom. The van der Waals surface area contributed by atoms with Crippen molar-refractivity contribution in [2.75, 3.05) is 32.8 Å². The number of likely N-dealkylation sites (tertiary alicyclic amines) is 2. The van der Waals surface area contributed by atoms with Crippen molar-refractivity contribution in [1.29, 1.82) is 0 Å². The third-order valence-corrected chi connectivity index (χ3v) is 5.54. The number of ether oxygens (including phenoxy) is 1. The molecule has 7 nitrogen and oxygen atoms in total. The van der Waals surface area contributed by atoms with Crippen LogP contribution in [0, 0.1) is 11.8 Å². The lowest BCUT2D eigenvalue weighted by molar-refractivity contribution is -0.139. The lowest BCUT2D eigenvalue weighted by atomic mass is 9.92. The van der Waals surface area contributed by atoms with Gasteiger partial charge in [0.25, 0.3) is 5.91 Å². The maximum atomic E-state index is 12.8. The number of hydrogen-bond acceptors (Lipinski definition) is 4. The van der Waals surface area contributed by atoms with Crippen LogP contribution in [0.15, 0.2) is 24.3 Å². The van der Waals surface area contributed by atoms with Crippen molar-refractivity contribution in [1.82, 2.24) is 9.80 Å². The Labute approximate surface area is 165 Å². The Kier molecular flexibility index (Phi) is 6.54. The summed E-state index contributed by atoms with van der Waals surface area (Å²) in [6.07, 6.45) is 3.63. The number of carboxylic acids is 1. The van der Waals surface area contributed by atoms with Crippen LogP contribution in [-0.4, -0.2) is 65.5 Å². The molecule has 7 heteroatoms. The van der Waals surface area contributed by atoms with Crippen LogP contribution in [0.2, 0.25) is 0 Å². The van der Waals surface area contributed by atoms with Gasteiger partial charge in [0.2, 0.25) is 5.91 Å². The molecule has 0 bridgehead atoms. The first-order valence-corrected chi connectivity index (χ1v) is 9.96. The predicted octanol–water partition coefficient (Wildman–Crippen LogP) is 2.26. The summed E-state index contributed by atoms with van der Waals surface area (Å²) in [4.78, 5) is 39.9. The van der Waals surface area contributed by atoms with Crippen LogP contribution in [-0.2, 0) is 9.59 Å². The summed E-state index contributed by atoms with van der Waals surface area (Å²) >= 11 is 0. The lowest BCUT2D eigenvalue weighted by Gasteiger charge is -2.37. The molecule has 1 atom stereocenters. The summed E-state index contributed by atoms with van der Waals surface area (Å²) in [5.74, 6) is -0.0142. The Morgan fingerprint density at radius 3 is 2.54 bits per heavy atom. The molecule has 2 aliphatic heterocycles. The minimum absolute atomic E-state index is 0.000385. The summed E-state index contributed by atoms with van der Waals surface area (Å²) in [5.41, 5.74) is 0.470. The molecule has 2 aliphatic rings. The Balaban J connectivity index is 1.54. The van der Waals surface area contributed by atoms with Gasteiger partial charge in [-0.2, -0.15) is 0 Å². The molecule has 0 aliphatic carbocycles. The first kappa shape index (κ1) is 20.2. The molecule has 0 radical (unpaired) electrons. The van der Waals surface area contributed by atoms with Crippen molar-refractivity contribution in [2.45, 2.75) is 32.6 Å². The topological polar surface area (TPSA) is 87.2 Å². The molecular formula is C21H28N2O5. The van der Waals surface area contributed by atoms with E-state index >= 15 is 0 Å². The largest absolute Gasteiger partial charge is 0.482 e. The SMILES string of the molecule is CC1CCCN(C(=O)C2CCN(C(=O)c3cccc(OCC(=O)O)c3)CC2)C1. The Hall–Kier alpha value is -2.57. The average molecular weight is 388 g/mol. The second-order valence-electron chi connectivity index (χ2n) is 7.81. The van der Waals surface area contributed by atoms with Gasteiger partial charge in [0.1, 0.15) is 5.75 Å². The standard InChI is InChI=1S/C21H28N2O5/c1-15-4-3-9-23(13-15)20(26)16-7-10-22(11-8-16)21(27)17-5-2-6-18(12-17)28-14-19(24)25/h2,5-6,12,15-16H,3-4,7-11,13-14H2,1H3,(H,24,25). The summed E-state index contributed by atoms with van der Waals surface area (Å²) in [7, 11) is 0. The third kappa shape index (κ3) is 5.03. The highest BCUT2D eigenvalue weighted by Gasteiger charge is 2.32. The molecule has 1 aromatic carbocycles. The van der Waals surface area contributed by atoms with E-state index in [1.807, 2.05) is 4.90 Å². The number of nitrogens with zero attached hydrogens (tertiary/aromatic N) is 2. The average Bonchev–Trinajstić information content (AvgIpc) is 2.71. The molecular weight excluding hydrogens is 360 g/mol. The molecule has 0 spiro atoms. The molecule has 0 aromatic heterocycles. The first-order valence-electron chi connectivity index (χ1n) is 9.96. The highest BCUT2D eigenvalue weighted by Crippen LogP contribution is 2.25. The van der Waals surface area contributed by atoms with E-state index < -0.39 is 12.6 Å².